The second-order valence-electron chi connectivity index (χ2n) is 3.57. The summed E-state index contributed by atoms with van der Waals surface area (Å²) in [5, 5.41) is 3.68. The van der Waals surface area contributed by atoms with Crippen molar-refractivity contribution in [2.45, 2.75) is 10.6 Å². The van der Waals surface area contributed by atoms with Gasteiger partial charge in [0, 0.05) is 4.47 Å². The van der Waals surface area contributed by atoms with Gasteiger partial charge in [-0.1, -0.05) is 15.9 Å². The minimum Gasteiger partial charge on any atom is -0.398 e. The third-order valence-electron chi connectivity index (χ3n) is 2.24. The lowest BCUT2D eigenvalue weighted by Gasteiger charge is -2.06. The molecule has 2 aromatic rings. The molecule has 0 aliphatic carbocycles. The molecular formula is C11H10BrNO2S2. The minimum atomic E-state index is -3.37. The van der Waals surface area contributed by atoms with Gasteiger partial charge in [0.25, 0.3) is 0 Å². The van der Waals surface area contributed by atoms with Crippen molar-refractivity contribution in [3.05, 3.63) is 45.1 Å². The smallest absolute Gasteiger partial charge is 0.184 e. The second-order valence-corrected chi connectivity index (χ2v) is 7.23. The maximum atomic E-state index is 12.1. The number of rotatable bonds is 3. The standard InChI is InChI=1S/C11H10BrNO2S2/c12-9-1-2-11(10(13)5-9)17(14,15)7-8-3-4-16-6-8/h1-6H,7,13H2. The van der Waals surface area contributed by atoms with Crippen LogP contribution in [0.2, 0.25) is 0 Å². The minimum absolute atomic E-state index is 0.0116. The Morgan fingerprint density at radius 1 is 1.29 bits per heavy atom. The van der Waals surface area contributed by atoms with Crippen molar-refractivity contribution in [2.75, 3.05) is 5.73 Å². The molecule has 2 rings (SSSR count). The van der Waals surface area contributed by atoms with Gasteiger partial charge in [0.05, 0.1) is 16.3 Å². The van der Waals surface area contributed by atoms with Gasteiger partial charge in [-0.2, -0.15) is 11.3 Å². The second kappa shape index (κ2) is 4.80. The average molecular weight is 332 g/mol. The number of nitrogens with two attached hydrogens (primary N) is 1. The summed E-state index contributed by atoms with van der Waals surface area (Å²) < 4.78 is 25.1. The summed E-state index contributed by atoms with van der Waals surface area (Å²) in [7, 11) is -3.37. The van der Waals surface area contributed by atoms with Gasteiger partial charge in [-0.3, -0.25) is 0 Å². The van der Waals surface area contributed by atoms with Crippen molar-refractivity contribution in [1.82, 2.24) is 0 Å². The molecule has 0 fully saturated rings. The van der Waals surface area contributed by atoms with Crippen molar-refractivity contribution in [3.8, 4) is 0 Å². The number of thiophene rings is 1. The van der Waals surface area contributed by atoms with Crippen LogP contribution >= 0.6 is 27.3 Å². The van der Waals surface area contributed by atoms with Crippen LogP contribution < -0.4 is 5.73 Å². The number of benzene rings is 1. The molecule has 0 saturated carbocycles. The van der Waals surface area contributed by atoms with E-state index < -0.39 is 9.84 Å². The maximum Gasteiger partial charge on any atom is 0.184 e. The van der Waals surface area contributed by atoms with E-state index in [1.54, 1.807) is 18.2 Å². The van der Waals surface area contributed by atoms with Gasteiger partial charge in [0.15, 0.2) is 9.84 Å². The first-order valence-corrected chi connectivity index (χ1v) is 8.17. The number of hydrogen-bond donors (Lipinski definition) is 1. The Bertz CT molecular complexity index is 621. The van der Waals surface area contributed by atoms with E-state index in [9.17, 15) is 8.42 Å². The predicted molar refractivity (Wildman–Crippen MR) is 73.8 cm³/mol. The van der Waals surface area contributed by atoms with Crippen LogP contribution in [0.4, 0.5) is 5.69 Å². The first kappa shape index (κ1) is 12.6. The zero-order chi connectivity index (χ0) is 12.5. The van der Waals surface area contributed by atoms with E-state index in [1.807, 2.05) is 10.8 Å². The molecule has 0 radical (unpaired) electrons. The van der Waals surface area contributed by atoms with Gasteiger partial charge >= 0.3 is 0 Å². The van der Waals surface area contributed by atoms with Crippen LogP contribution in [0.15, 0.2) is 44.4 Å². The predicted octanol–water partition coefficient (Wildman–Crippen LogP) is 3.07. The SMILES string of the molecule is Nc1cc(Br)ccc1S(=O)(=O)Cc1ccsc1. The third kappa shape index (κ3) is 2.88. The van der Waals surface area contributed by atoms with Crippen molar-refractivity contribution >= 4 is 42.8 Å². The fourth-order valence-corrected chi connectivity index (χ4v) is 4.09. The van der Waals surface area contributed by atoms with Crippen molar-refractivity contribution in [3.63, 3.8) is 0 Å². The molecule has 0 saturated heterocycles. The van der Waals surface area contributed by atoms with E-state index >= 15 is 0 Å². The van der Waals surface area contributed by atoms with Gasteiger partial charge in [-0.05, 0) is 40.6 Å². The molecule has 0 spiro atoms. The molecule has 0 aliphatic rings. The molecule has 2 N–H and O–H groups in total. The molecular weight excluding hydrogens is 322 g/mol. The van der Waals surface area contributed by atoms with Gasteiger partial charge < -0.3 is 5.73 Å². The van der Waals surface area contributed by atoms with Crippen LogP contribution in [-0.4, -0.2) is 8.42 Å². The fourth-order valence-electron chi connectivity index (χ4n) is 1.47. The Morgan fingerprint density at radius 2 is 2.06 bits per heavy atom. The number of sulfone groups is 1. The number of hydrogen-bond acceptors (Lipinski definition) is 4. The van der Waals surface area contributed by atoms with Crippen molar-refractivity contribution in [1.29, 1.82) is 0 Å². The van der Waals surface area contributed by atoms with Crippen LogP contribution in [0.1, 0.15) is 5.56 Å². The third-order valence-corrected chi connectivity index (χ3v) is 5.22. The lowest BCUT2D eigenvalue weighted by atomic mass is 10.3. The topological polar surface area (TPSA) is 60.2 Å². The van der Waals surface area contributed by atoms with Crippen LogP contribution in [-0.2, 0) is 15.6 Å². The molecule has 1 aromatic carbocycles. The molecule has 0 bridgehead atoms. The highest BCUT2D eigenvalue weighted by Crippen LogP contribution is 2.26. The first-order valence-electron chi connectivity index (χ1n) is 4.78. The number of anilines is 1. The van der Waals surface area contributed by atoms with E-state index in [0.717, 1.165) is 10.0 Å². The Balaban J connectivity index is 2.38. The van der Waals surface area contributed by atoms with E-state index in [-0.39, 0.29) is 16.3 Å². The largest absolute Gasteiger partial charge is 0.398 e. The molecule has 3 nitrogen and oxygen atoms in total. The molecule has 17 heavy (non-hydrogen) atoms. The lowest BCUT2D eigenvalue weighted by Crippen LogP contribution is -2.07. The Morgan fingerprint density at radius 3 is 2.65 bits per heavy atom. The Hall–Kier alpha value is -0.850. The van der Waals surface area contributed by atoms with E-state index in [2.05, 4.69) is 15.9 Å². The molecule has 0 unspecified atom stereocenters. The molecule has 1 heterocycles. The molecule has 0 aliphatic heterocycles. The quantitative estimate of drug-likeness (QED) is 0.879. The highest BCUT2D eigenvalue weighted by Gasteiger charge is 2.18. The lowest BCUT2D eigenvalue weighted by molar-refractivity contribution is 0.596. The van der Waals surface area contributed by atoms with E-state index in [1.165, 1.54) is 17.4 Å². The highest BCUT2D eigenvalue weighted by atomic mass is 79.9. The highest BCUT2D eigenvalue weighted by molar-refractivity contribution is 9.10. The summed E-state index contributed by atoms with van der Waals surface area (Å²) in [5.41, 5.74) is 6.79. The zero-order valence-electron chi connectivity index (χ0n) is 8.76. The first-order chi connectivity index (χ1) is 7.99. The summed E-state index contributed by atoms with van der Waals surface area (Å²) in [5.74, 6) is -0.0116. The summed E-state index contributed by atoms with van der Waals surface area (Å²) >= 11 is 4.73. The van der Waals surface area contributed by atoms with Crippen LogP contribution in [0, 0.1) is 0 Å². The summed E-state index contributed by atoms with van der Waals surface area (Å²) in [6.07, 6.45) is 0. The Labute approximate surface area is 112 Å². The summed E-state index contributed by atoms with van der Waals surface area (Å²) in [4.78, 5) is 0.187. The number of halogens is 1. The van der Waals surface area contributed by atoms with E-state index in [4.69, 9.17) is 5.73 Å². The van der Waals surface area contributed by atoms with E-state index in [0.29, 0.717) is 0 Å². The van der Waals surface area contributed by atoms with Gasteiger partial charge in [0.2, 0.25) is 0 Å². The summed E-state index contributed by atoms with van der Waals surface area (Å²) in [6, 6.07) is 6.61. The monoisotopic (exact) mass is 331 g/mol. The fraction of sp³-hybridized carbons (Fsp3) is 0.0909. The molecule has 0 amide bonds. The van der Waals surface area contributed by atoms with Crippen LogP contribution in [0.5, 0.6) is 0 Å². The maximum absolute atomic E-state index is 12.1. The van der Waals surface area contributed by atoms with Gasteiger partial charge in [-0.15, -0.1) is 0 Å². The van der Waals surface area contributed by atoms with Crippen LogP contribution in [0.3, 0.4) is 0 Å². The van der Waals surface area contributed by atoms with Gasteiger partial charge in [0.1, 0.15) is 0 Å². The Kier molecular flexibility index (Phi) is 3.56. The van der Waals surface area contributed by atoms with Crippen LogP contribution in [0.25, 0.3) is 0 Å². The summed E-state index contributed by atoms with van der Waals surface area (Å²) in [6.45, 7) is 0. The zero-order valence-corrected chi connectivity index (χ0v) is 12.0. The molecule has 6 heteroatoms. The molecule has 0 atom stereocenters. The molecule has 1 aromatic heterocycles. The normalized spacial score (nSPS) is 11.6. The van der Waals surface area contributed by atoms with Gasteiger partial charge in [-0.25, -0.2) is 8.42 Å². The van der Waals surface area contributed by atoms with Crippen molar-refractivity contribution < 1.29 is 8.42 Å². The van der Waals surface area contributed by atoms with Crippen molar-refractivity contribution in [2.24, 2.45) is 0 Å². The average Bonchev–Trinajstić information content (AvgIpc) is 2.68. The number of nitrogen functional groups attached to an aromatic ring is 1. The molecule has 90 valence electrons.